The Balaban J connectivity index is 3.25. The summed E-state index contributed by atoms with van der Waals surface area (Å²) in [5.41, 5.74) is 2.82. The summed E-state index contributed by atoms with van der Waals surface area (Å²) in [4.78, 5) is 10.6. The van der Waals surface area contributed by atoms with Crippen molar-refractivity contribution >= 4 is 6.29 Å². The standard InChI is InChI=1S/C13H18O2/c1-9-7-10(2)12(15)8-11(9)13(3,4)5-6-14/h6-8,15H,5H2,1-4H3. The van der Waals surface area contributed by atoms with Crippen molar-refractivity contribution in [2.75, 3.05) is 0 Å². The minimum atomic E-state index is -0.211. The summed E-state index contributed by atoms with van der Waals surface area (Å²) in [5.74, 6) is 0.301. The maximum atomic E-state index is 10.6. The number of rotatable bonds is 3. The van der Waals surface area contributed by atoms with Crippen molar-refractivity contribution in [3.63, 3.8) is 0 Å². The fourth-order valence-electron chi connectivity index (χ4n) is 1.89. The van der Waals surface area contributed by atoms with Crippen LogP contribution in [-0.4, -0.2) is 11.4 Å². The number of phenolic OH excluding ortho intramolecular Hbond substituents is 1. The molecule has 0 aliphatic heterocycles. The van der Waals surface area contributed by atoms with Gasteiger partial charge in [-0.3, -0.25) is 0 Å². The average molecular weight is 206 g/mol. The molecule has 0 amide bonds. The van der Waals surface area contributed by atoms with E-state index in [-0.39, 0.29) is 5.41 Å². The van der Waals surface area contributed by atoms with Gasteiger partial charge in [0.25, 0.3) is 0 Å². The molecule has 0 aliphatic rings. The molecule has 1 aromatic carbocycles. The van der Waals surface area contributed by atoms with Crippen LogP contribution in [0.15, 0.2) is 12.1 Å². The summed E-state index contributed by atoms with van der Waals surface area (Å²) >= 11 is 0. The molecule has 0 atom stereocenters. The van der Waals surface area contributed by atoms with Crippen molar-refractivity contribution in [2.45, 2.75) is 39.5 Å². The molecule has 0 heterocycles. The predicted molar refractivity (Wildman–Crippen MR) is 61.3 cm³/mol. The van der Waals surface area contributed by atoms with Crippen molar-refractivity contribution in [1.29, 1.82) is 0 Å². The molecule has 1 rings (SSSR count). The highest BCUT2D eigenvalue weighted by atomic mass is 16.3. The van der Waals surface area contributed by atoms with Crippen LogP contribution in [0.3, 0.4) is 0 Å². The molecule has 2 heteroatoms. The van der Waals surface area contributed by atoms with Gasteiger partial charge in [0.2, 0.25) is 0 Å². The van der Waals surface area contributed by atoms with Crippen LogP contribution in [0.1, 0.15) is 37.0 Å². The van der Waals surface area contributed by atoms with Gasteiger partial charge in [-0.25, -0.2) is 0 Å². The normalized spacial score (nSPS) is 11.5. The van der Waals surface area contributed by atoms with Crippen molar-refractivity contribution < 1.29 is 9.90 Å². The summed E-state index contributed by atoms with van der Waals surface area (Å²) in [6.45, 7) is 7.91. The Hall–Kier alpha value is -1.31. The van der Waals surface area contributed by atoms with E-state index < -0.39 is 0 Å². The van der Waals surface area contributed by atoms with Gasteiger partial charge in [-0.2, -0.15) is 0 Å². The maximum Gasteiger partial charge on any atom is 0.120 e. The Morgan fingerprint density at radius 1 is 1.27 bits per heavy atom. The van der Waals surface area contributed by atoms with E-state index in [0.717, 1.165) is 23.0 Å². The monoisotopic (exact) mass is 206 g/mol. The van der Waals surface area contributed by atoms with Crippen LogP contribution in [0.4, 0.5) is 0 Å². The van der Waals surface area contributed by atoms with Crippen LogP contribution < -0.4 is 0 Å². The van der Waals surface area contributed by atoms with E-state index in [4.69, 9.17) is 0 Å². The first-order valence-electron chi connectivity index (χ1n) is 5.13. The van der Waals surface area contributed by atoms with Gasteiger partial charge in [-0.15, -0.1) is 0 Å². The first-order chi connectivity index (χ1) is 6.88. The molecule has 0 radical (unpaired) electrons. The van der Waals surface area contributed by atoms with Gasteiger partial charge in [0.1, 0.15) is 12.0 Å². The smallest absolute Gasteiger partial charge is 0.120 e. The van der Waals surface area contributed by atoms with Gasteiger partial charge < -0.3 is 9.90 Å². The molecular formula is C13H18O2. The van der Waals surface area contributed by atoms with E-state index in [1.54, 1.807) is 6.07 Å². The number of aromatic hydroxyl groups is 1. The van der Waals surface area contributed by atoms with Crippen LogP contribution in [-0.2, 0) is 10.2 Å². The molecule has 2 nitrogen and oxygen atoms in total. The molecule has 0 bridgehead atoms. The van der Waals surface area contributed by atoms with Gasteiger partial charge in [0, 0.05) is 6.42 Å². The van der Waals surface area contributed by atoms with Crippen LogP contribution in [0.2, 0.25) is 0 Å². The fourth-order valence-corrected chi connectivity index (χ4v) is 1.89. The highest BCUT2D eigenvalue weighted by Gasteiger charge is 2.22. The quantitative estimate of drug-likeness (QED) is 0.772. The van der Waals surface area contributed by atoms with Crippen LogP contribution >= 0.6 is 0 Å². The second kappa shape index (κ2) is 4.05. The van der Waals surface area contributed by atoms with Gasteiger partial charge in [-0.1, -0.05) is 19.9 Å². The highest BCUT2D eigenvalue weighted by Crippen LogP contribution is 2.32. The van der Waals surface area contributed by atoms with E-state index in [1.165, 1.54) is 0 Å². The Labute approximate surface area is 90.9 Å². The SMILES string of the molecule is Cc1cc(C)c(C(C)(C)CC=O)cc1O. The predicted octanol–water partition coefficient (Wildman–Crippen LogP) is 2.88. The zero-order valence-electron chi connectivity index (χ0n) is 9.79. The van der Waals surface area contributed by atoms with E-state index in [9.17, 15) is 9.90 Å². The molecule has 1 N–H and O–H groups in total. The summed E-state index contributed by atoms with van der Waals surface area (Å²) < 4.78 is 0. The molecule has 0 aromatic heterocycles. The Kier molecular flexibility index (Phi) is 3.18. The maximum absolute atomic E-state index is 10.6. The molecule has 1 aromatic rings. The summed E-state index contributed by atoms with van der Waals surface area (Å²) in [5, 5.41) is 9.67. The van der Waals surface area contributed by atoms with Crippen LogP contribution in [0.25, 0.3) is 0 Å². The first kappa shape index (κ1) is 11.8. The minimum Gasteiger partial charge on any atom is -0.508 e. The number of phenols is 1. The second-order valence-corrected chi connectivity index (χ2v) is 4.71. The average Bonchev–Trinajstić information content (AvgIpc) is 2.11. The molecule has 0 aliphatic carbocycles. The van der Waals surface area contributed by atoms with Gasteiger partial charge in [-0.05, 0) is 42.0 Å². The number of aldehydes is 1. The third-order valence-electron chi connectivity index (χ3n) is 2.87. The molecule has 82 valence electrons. The van der Waals surface area contributed by atoms with E-state index in [0.29, 0.717) is 12.2 Å². The summed E-state index contributed by atoms with van der Waals surface area (Å²) in [6, 6.07) is 3.73. The second-order valence-electron chi connectivity index (χ2n) is 4.71. The summed E-state index contributed by atoms with van der Waals surface area (Å²) in [6.07, 6.45) is 1.40. The van der Waals surface area contributed by atoms with E-state index in [2.05, 4.69) is 0 Å². The number of aryl methyl sites for hydroxylation is 2. The minimum absolute atomic E-state index is 0.211. The van der Waals surface area contributed by atoms with Crippen molar-refractivity contribution in [3.8, 4) is 5.75 Å². The Morgan fingerprint density at radius 2 is 1.87 bits per heavy atom. The molecule has 15 heavy (non-hydrogen) atoms. The molecule has 0 unspecified atom stereocenters. The molecule has 0 saturated heterocycles. The third-order valence-corrected chi connectivity index (χ3v) is 2.87. The number of hydrogen-bond acceptors (Lipinski definition) is 2. The molecule has 0 spiro atoms. The largest absolute Gasteiger partial charge is 0.508 e. The van der Waals surface area contributed by atoms with Crippen molar-refractivity contribution in [2.24, 2.45) is 0 Å². The van der Waals surface area contributed by atoms with Gasteiger partial charge in [0.05, 0.1) is 0 Å². The zero-order chi connectivity index (χ0) is 11.6. The number of carbonyl (C=O) groups is 1. The van der Waals surface area contributed by atoms with Crippen LogP contribution in [0, 0.1) is 13.8 Å². The lowest BCUT2D eigenvalue weighted by molar-refractivity contribution is -0.108. The molecule has 0 fully saturated rings. The van der Waals surface area contributed by atoms with Gasteiger partial charge in [0.15, 0.2) is 0 Å². The lowest BCUT2D eigenvalue weighted by Gasteiger charge is -2.25. The van der Waals surface area contributed by atoms with Crippen LogP contribution in [0.5, 0.6) is 5.75 Å². The highest BCUT2D eigenvalue weighted by molar-refractivity contribution is 5.55. The number of carbonyl (C=O) groups excluding carboxylic acids is 1. The molecule has 0 saturated carbocycles. The number of hydrogen-bond donors (Lipinski definition) is 1. The van der Waals surface area contributed by atoms with Crippen molar-refractivity contribution in [3.05, 3.63) is 28.8 Å². The van der Waals surface area contributed by atoms with E-state index >= 15 is 0 Å². The fraction of sp³-hybridized carbons (Fsp3) is 0.462. The van der Waals surface area contributed by atoms with Gasteiger partial charge >= 0.3 is 0 Å². The first-order valence-corrected chi connectivity index (χ1v) is 5.13. The molecular weight excluding hydrogens is 188 g/mol. The third kappa shape index (κ3) is 2.38. The Morgan fingerprint density at radius 3 is 2.40 bits per heavy atom. The number of benzene rings is 1. The zero-order valence-corrected chi connectivity index (χ0v) is 9.79. The lowest BCUT2D eigenvalue weighted by Crippen LogP contribution is -2.19. The lowest BCUT2D eigenvalue weighted by atomic mass is 9.79. The topological polar surface area (TPSA) is 37.3 Å². The summed E-state index contributed by atoms with van der Waals surface area (Å²) in [7, 11) is 0. The Bertz CT molecular complexity index is 378. The van der Waals surface area contributed by atoms with Crippen molar-refractivity contribution in [1.82, 2.24) is 0 Å². The van der Waals surface area contributed by atoms with E-state index in [1.807, 2.05) is 33.8 Å².